The van der Waals surface area contributed by atoms with Crippen molar-refractivity contribution in [3.8, 4) is 0 Å². The van der Waals surface area contributed by atoms with Gasteiger partial charge in [0.1, 0.15) is 0 Å². The van der Waals surface area contributed by atoms with Crippen molar-refractivity contribution in [2.24, 2.45) is 0 Å². The Bertz CT molecular complexity index is 733. The number of ether oxygens (including phenoxy) is 1. The van der Waals surface area contributed by atoms with Crippen molar-refractivity contribution in [2.75, 3.05) is 11.1 Å². The Morgan fingerprint density at radius 2 is 1.78 bits per heavy atom. The predicted molar refractivity (Wildman–Crippen MR) is 90.8 cm³/mol. The number of carbonyl (C=O) groups is 2. The summed E-state index contributed by atoms with van der Waals surface area (Å²) >= 11 is 11.6. The van der Waals surface area contributed by atoms with Crippen LogP contribution >= 0.6 is 23.2 Å². The first-order valence-corrected chi connectivity index (χ1v) is 7.45. The van der Waals surface area contributed by atoms with Gasteiger partial charge >= 0.3 is 5.97 Å². The maximum absolute atomic E-state index is 12.0. The molecule has 0 bridgehead atoms. The molecule has 23 heavy (non-hydrogen) atoms. The minimum Gasteiger partial charge on any atom is -0.449 e. The molecule has 7 heteroatoms. The van der Waals surface area contributed by atoms with Crippen molar-refractivity contribution in [1.29, 1.82) is 0 Å². The number of esters is 1. The van der Waals surface area contributed by atoms with Crippen LogP contribution in [0.15, 0.2) is 42.5 Å². The lowest BCUT2D eigenvalue weighted by molar-refractivity contribution is -0.123. The van der Waals surface area contributed by atoms with Gasteiger partial charge in [-0.05, 0) is 49.4 Å². The fourth-order valence-electron chi connectivity index (χ4n) is 1.73. The van der Waals surface area contributed by atoms with E-state index in [1.54, 1.807) is 24.3 Å². The molecule has 5 nitrogen and oxygen atoms in total. The van der Waals surface area contributed by atoms with Gasteiger partial charge in [0.25, 0.3) is 5.91 Å². The molecule has 0 heterocycles. The highest BCUT2D eigenvalue weighted by atomic mass is 35.5. The molecule has 0 spiro atoms. The summed E-state index contributed by atoms with van der Waals surface area (Å²) in [5.41, 5.74) is 6.67. The first-order chi connectivity index (χ1) is 10.9. The standard InChI is InChI=1S/C16H14Cl2N2O3/c1-9(15(21)20-12-5-3-11(17)4-6-12)23-16(22)10-2-7-13(18)14(19)8-10/h2-9H,19H2,1H3,(H,20,21). The van der Waals surface area contributed by atoms with Crippen LogP contribution in [0.5, 0.6) is 0 Å². The van der Waals surface area contributed by atoms with Gasteiger partial charge in [0.2, 0.25) is 0 Å². The molecule has 120 valence electrons. The van der Waals surface area contributed by atoms with Crippen molar-refractivity contribution in [3.05, 3.63) is 58.1 Å². The molecule has 3 N–H and O–H groups in total. The summed E-state index contributed by atoms with van der Waals surface area (Å²) in [6.45, 7) is 1.47. The molecule has 0 radical (unpaired) electrons. The largest absolute Gasteiger partial charge is 0.449 e. The zero-order chi connectivity index (χ0) is 17.0. The fourth-order valence-corrected chi connectivity index (χ4v) is 1.97. The Hall–Kier alpha value is -2.24. The van der Waals surface area contributed by atoms with E-state index in [1.165, 1.54) is 25.1 Å². The summed E-state index contributed by atoms with van der Waals surface area (Å²) in [4.78, 5) is 24.0. The van der Waals surface area contributed by atoms with Gasteiger partial charge < -0.3 is 15.8 Å². The molecule has 1 atom stereocenters. The van der Waals surface area contributed by atoms with Gasteiger partial charge in [0.05, 0.1) is 16.3 Å². The molecule has 0 fully saturated rings. The first kappa shape index (κ1) is 17.1. The van der Waals surface area contributed by atoms with Gasteiger partial charge in [-0.2, -0.15) is 0 Å². The summed E-state index contributed by atoms with van der Waals surface area (Å²) in [5, 5.41) is 3.53. The molecule has 0 saturated heterocycles. The molecule has 2 aromatic rings. The summed E-state index contributed by atoms with van der Waals surface area (Å²) in [6, 6.07) is 10.9. The number of hydrogen-bond donors (Lipinski definition) is 2. The first-order valence-electron chi connectivity index (χ1n) is 6.69. The summed E-state index contributed by atoms with van der Waals surface area (Å²) in [5.74, 6) is -1.12. The minimum atomic E-state index is -0.977. The van der Waals surface area contributed by atoms with Crippen LogP contribution in [-0.2, 0) is 9.53 Å². The smallest absolute Gasteiger partial charge is 0.338 e. The zero-order valence-corrected chi connectivity index (χ0v) is 13.7. The average Bonchev–Trinajstić information content (AvgIpc) is 2.52. The molecular formula is C16H14Cl2N2O3. The minimum absolute atomic E-state index is 0.220. The number of nitrogens with two attached hydrogens (primary N) is 1. The SMILES string of the molecule is CC(OC(=O)c1ccc(Cl)c(N)c1)C(=O)Nc1ccc(Cl)cc1. The Labute approximate surface area is 143 Å². The van der Waals surface area contributed by atoms with Gasteiger partial charge in [0, 0.05) is 10.7 Å². The number of nitrogens with one attached hydrogen (secondary N) is 1. The van der Waals surface area contributed by atoms with Gasteiger partial charge in [0.15, 0.2) is 6.10 Å². The summed E-state index contributed by atoms with van der Waals surface area (Å²) < 4.78 is 5.11. The lowest BCUT2D eigenvalue weighted by Crippen LogP contribution is -2.30. The van der Waals surface area contributed by atoms with Gasteiger partial charge in [-0.25, -0.2) is 4.79 Å². The topological polar surface area (TPSA) is 81.4 Å². The number of anilines is 2. The van der Waals surface area contributed by atoms with Crippen LogP contribution in [0.1, 0.15) is 17.3 Å². The number of rotatable bonds is 4. The molecule has 2 rings (SSSR count). The van der Waals surface area contributed by atoms with Crippen LogP contribution in [0.25, 0.3) is 0 Å². The highest BCUT2D eigenvalue weighted by Crippen LogP contribution is 2.20. The number of hydrogen-bond acceptors (Lipinski definition) is 4. The summed E-state index contributed by atoms with van der Waals surface area (Å²) in [7, 11) is 0. The monoisotopic (exact) mass is 352 g/mol. The lowest BCUT2D eigenvalue weighted by Gasteiger charge is -2.14. The van der Waals surface area contributed by atoms with E-state index < -0.39 is 18.0 Å². The van der Waals surface area contributed by atoms with Crippen LogP contribution in [-0.4, -0.2) is 18.0 Å². The normalized spacial score (nSPS) is 11.6. The number of nitrogen functional groups attached to an aromatic ring is 1. The van der Waals surface area contributed by atoms with E-state index in [0.29, 0.717) is 15.7 Å². The third-order valence-electron chi connectivity index (χ3n) is 3.00. The molecule has 0 aliphatic rings. The molecular weight excluding hydrogens is 339 g/mol. The molecule has 2 aromatic carbocycles. The summed E-state index contributed by atoms with van der Waals surface area (Å²) in [6.07, 6.45) is -0.977. The highest BCUT2D eigenvalue weighted by Gasteiger charge is 2.19. The predicted octanol–water partition coefficient (Wildman–Crippen LogP) is 3.76. The Morgan fingerprint density at radius 1 is 1.13 bits per heavy atom. The van der Waals surface area contributed by atoms with E-state index in [2.05, 4.69) is 5.32 Å². The number of halogens is 2. The van der Waals surface area contributed by atoms with Gasteiger partial charge in [-0.15, -0.1) is 0 Å². The van der Waals surface area contributed by atoms with E-state index in [9.17, 15) is 9.59 Å². The molecule has 1 unspecified atom stereocenters. The van der Waals surface area contributed by atoms with Crippen molar-refractivity contribution in [1.82, 2.24) is 0 Å². The highest BCUT2D eigenvalue weighted by molar-refractivity contribution is 6.33. The molecule has 1 amide bonds. The van der Waals surface area contributed by atoms with E-state index >= 15 is 0 Å². The molecule has 0 aliphatic heterocycles. The van der Waals surface area contributed by atoms with Gasteiger partial charge in [-0.1, -0.05) is 23.2 Å². The molecule has 0 saturated carbocycles. The van der Waals surface area contributed by atoms with E-state index in [-0.39, 0.29) is 11.3 Å². The maximum atomic E-state index is 12.0. The average molecular weight is 353 g/mol. The van der Waals surface area contributed by atoms with E-state index in [4.69, 9.17) is 33.7 Å². The number of carbonyl (C=O) groups excluding carboxylic acids is 2. The Kier molecular flexibility index (Phi) is 5.47. The second-order valence-corrected chi connectivity index (χ2v) is 5.62. The second kappa shape index (κ2) is 7.35. The quantitative estimate of drug-likeness (QED) is 0.648. The van der Waals surface area contributed by atoms with Crippen LogP contribution in [0.4, 0.5) is 11.4 Å². The Balaban J connectivity index is 1.98. The third-order valence-corrected chi connectivity index (χ3v) is 3.59. The van der Waals surface area contributed by atoms with Crippen LogP contribution in [0.3, 0.4) is 0 Å². The van der Waals surface area contributed by atoms with Crippen molar-refractivity contribution in [2.45, 2.75) is 13.0 Å². The third kappa shape index (κ3) is 4.61. The van der Waals surface area contributed by atoms with E-state index in [0.717, 1.165) is 0 Å². The number of benzene rings is 2. The van der Waals surface area contributed by atoms with Crippen molar-refractivity contribution < 1.29 is 14.3 Å². The number of amides is 1. The zero-order valence-electron chi connectivity index (χ0n) is 12.2. The lowest BCUT2D eigenvalue weighted by atomic mass is 10.2. The molecule has 0 aromatic heterocycles. The van der Waals surface area contributed by atoms with Crippen LogP contribution < -0.4 is 11.1 Å². The van der Waals surface area contributed by atoms with Crippen molar-refractivity contribution >= 4 is 46.5 Å². The molecule has 0 aliphatic carbocycles. The fraction of sp³-hybridized carbons (Fsp3) is 0.125. The second-order valence-electron chi connectivity index (χ2n) is 4.78. The van der Waals surface area contributed by atoms with Gasteiger partial charge in [-0.3, -0.25) is 4.79 Å². The van der Waals surface area contributed by atoms with Crippen LogP contribution in [0.2, 0.25) is 10.0 Å². The van der Waals surface area contributed by atoms with E-state index in [1.807, 2.05) is 0 Å². The van der Waals surface area contributed by atoms with Crippen molar-refractivity contribution in [3.63, 3.8) is 0 Å². The van der Waals surface area contributed by atoms with Crippen LogP contribution in [0, 0.1) is 0 Å². The Morgan fingerprint density at radius 3 is 2.39 bits per heavy atom. The maximum Gasteiger partial charge on any atom is 0.338 e.